The fraction of sp³-hybridized carbons (Fsp3) is 0.538. The van der Waals surface area contributed by atoms with Gasteiger partial charge in [0, 0.05) is 10.5 Å². The van der Waals surface area contributed by atoms with Crippen LogP contribution in [0.5, 0.6) is 0 Å². The Kier molecular flexibility index (Phi) is 6.40. The zero-order chi connectivity index (χ0) is 12.0. The Hall–Kier alpha value is -0.0500. The molecule has 0 aromatic heterocycles. The molecule has 3 heteroatoms. The minimum atomic E-state index is 0.113. The Labute approximate surface area is 111 Å². The van der Waals surface area contributed by atoms with Crippen molar-refractivity contribution in [2.45, 2.75) is 45.1 Å². The number of hydrogen-bond donors (Lipinski definition) is 1. The summed E-state index contributed by atoms with van der Waals surface area (Å²) in [4.78, 5) is 0. The van der Waals surface area contributed by atoms with E-state index in [0.29, 0.717) is 0 Å². The molecule has 1 atom stereocenters. The third-order valence-corrected chi connectivity index (χ3v) is 3.97. The molecule has 90 valence electrons. The van der Waals surface area contributed by atoms with Crippen LogP contribution in [-0.2, 0) is 0 Å². The predicted molar refractivity (Wildman–Crippen MR) is 74.8 cm³/mol. The molecular formula is C13H19BrClN. The number of unbranched alkanes of at least 4 members (excludes halogenated alkanes) is 3. The maximum absolute atomic E-state index is 6.12. The predicted octanol–water partition coefficient (Wildman–Crippen LogP) is 5.07. The van der Waals surface area contributed by atoms with Gasteiger partial charge in [-0.25, -0.2) is 0 Å². The highest BCUT2D eigenvalue weighted by Crippen LogP contribution is 2.27. The molecule has 0 fully saturated rings. The second kappa shape index (κ2) is 7.31. The van der Waals surface area contributed by atoms with Crippen molar-refractivity contribution in [3.63, 3.8) is 0 Å². The van der Waals surface area contributed by atoms with Gasteiger partial charge in [0.05, 0.1) is 5.02 Å². The van der Waals surface area contributed by atoms with Crippen molar-refractivity contribution in [2.24, 2.45) is 5.73 Å². The molecule has 0 saturated heterocycles. The number of benzene rings is 1. The quantitative estimate of drug-likeness (QED) is 0.729. The van der Waals surface area contributed by atoms with E-state index in [1.807, 2.05) is 18.2 Å². The van der Waals surface area contributed by atoms with Crippen LogP contribution in [0.25, 0.3) is 0 Å². The third kappa shape index (κ3) is 4.44. The normalized spacial score (nSPS) is 12.8. The van der Waals surface area contributed by atoms with E-state index in [2.05, 4.69) is 22.9 Å². The van der Waals surface area contributed by atoms with Gasteiger partial charge in [0.1, 0.15) is 0 Å². The Morgan fingerprint density at radius 1 is 1.31 bits per heavy atom. The standard InChI is InChI=1S/C13H19BrClN/c1-2-3-4-5-6-13(16)10-7-8-11(14)12(15)9-10/h7-9,13H,2-6,16H2,1H3. The second-order valence-electron chi connectivity index (χ2n) is 4.13. The van der Waals surface area contributed by atoms with E-state index in [1.54, 1.807) is 0 Å². The molecule has 0 spiro atoms. The summed E-state index contributed by atoms with van der Waals surface area (Å²) in [6, 6.07) is 6.07. The van der Waals surface area contributed by atoms with Crippen molar-refractivity contribution in [3.8, 4) is 0 Å². The van der Waals surface area contributed by atoms with Crippen LogP contribution in [0.2, 0.25) is 5.02 Å². The minimum absolute atomic E-state index is 0.113. The molecule has 1 rings (SSSR count). The topological polar surface area (TPSA) is 26.0 Å². The minimum Gasteiger partial charge on any atom is -0.324 e. The number of hydrogen-bond acceptors (Lipinski definition) is 1. The first-order chi connectivity index (χ1) is 7.65. The highest BCUT2D eigenvalue weighted by atomic mass is 79.9. The van der Waals surface area contributed by atoms with Gasteiger partial charge in [0.15, 0.2) is 0 Å². The Bertz CT molecular complexity index is 328. The van der Waals surface area contributed by atoms with Gasteiger partial charge in [0.2, 0.25) is 0 Å². The van der Waals surface area contributed by atoms with Gasteiger partial charge in [-0.15, -0.1) is 0 Å². The van der Waals surface area contributed by atoms with Crippen LogP contribution >= 0.6 is 27.5 Å². The summed E-state index contributed by atoms with van der Waals surface area (Å²) >= 11 is 9.42. The van der Waals surface area contributed by atoms with Crippen molar-refractivity contribution in [3.05, 3.63) is 33.3 Å². The molecule has 0 aliphatic heterocycles. The zero-order valence-corrected chi connectivity index (χ0v) is 12.0. The molecule has 1 unspecified atom stereocenters. The van der Waals surface area contributed by atoms with Crippen LogP contribution in [0, 0.1) is 0 Å². The Morgan fingerprint density at radius 3 is 2.69 bits per heavy atom. The van der Waals surface area contributed by atoms with Crippen molar-refractivity contribution in [2.75, 3.05) is 0 Å². The fourth-order valence-electron chi connectivity index (χ4n) is 1.70. The van der Waals surface area contributed by atoms with E-state index in [1.165, 1.54) is 25.7 Å². The maximum atomic E-state index is 6.12. The molecule has 0 bridgehead atoms. The Balaban J connectivity index is 2.46. The number of nitrogens with two attached hydrogens (primary N) is 1. The van der Waals surface area contributed by atoms with Crippen LogP contribution in [0.15, 0.2) is 22.7 Å². The zero-order valence-electron chi connectivity index (χ0n) is 9.68. The average molecular weight is 305 g/mol. The van der Waals surface area contributed by atoms with E-state index in [9.17, 15) is 0 Å². The summed E-state index contributed by atoms with van der Waals surface area (Å²) in [6.45, 7) is 2.22. The van der Waals surface area contributed by atoms with Crippen LogP contribution < -0.4 is 5.73 Å². The van der Waals surface area contributed by atoms with Gasteiger partial charge in [-0.2, -0.15) is 0 Å². The molecule has 2 N–H and O–H groups in total. The molecule has 0 aliphatic carbocycles. The van der Waals surface area contributed by atoms with Gasteiger partial charge >= 0.3 is 0 Å². The number of halogens is 2. The molecule has 0 amide bonds. The molecule has 0 heterocycles. The van der Waals surface area contributed by atoms with Crippen molar-refractivity contribution >= 4 is 27.5 Å². The van der Waals surface area contributed by atoms with Gasteiger partial charge in [-0.1, -0.05) is 50.3 Å². The van der Waals surface area contributed by atoms with E-state index in [0.717, 1.165) is 21.5 Å². The van der Waals surface area contributed by atoms with Gasteiger partial charge in [-0.05, 0) is 40.0 Å². The summed E-state index contributed by atoms with van der Waals surface area (Å²) in [5.74, 6) is 0. The molecule has 1 nitrogen and oxygen atoms in total. The summed E-state index contributed by atoms with van der Waals surface area (Å²) in [5.41, 5.74) is 7.25. The van der Waals surface area contributed by atoms with Crippen molar-refractivity contribution in [1.29, 1.82) is 0 Å². The molecule has 1 aromatic carbocycles. The van der Waals surface area contributed by atoms with Crippen molar-refractivity contribution < 1.29 is 0 Å². The van der Waals surface area contributed by atoms with Crippen molar-refractivity contribution in [1.82, 2.24) is 0 Å². The largest absolute Gasteiger partial charge is 0.324 e. The lowest BCUT2D eigenvalue weighted by molar-refractivity contribution is 0.566. The van der Waals surface area contributed by atoms with Crippen LogP contribution in [0.1, 0.15) is 50.6 Å². The van der Waals surface area contributed by atoms with Gasteiger partial charge in [0.25, 0.3) is 0 Å². The number of rotatable bonds is 6. The summed E-state index contributed by atoms with van der Waals surface area (Å²) in [6.07, 6.45) is 6.07. The van der Waals surface area contributed by atoms with Gasteiger partial charge in [-0.3, -0.25) is 0 Å². The Morgan fingerprint density at radius 2 is 2.06 bits per heavy atom. The third-order valence-electron chi connectivity index (χ3n) is 2.74. The first kappa shape index (κ1) is 14.0. The summed E-state index contributed by atoms with van der Waals surface area (Å²) in [7, 11) is 0. The molecule has 0 saturated carbocycles. The SMILES string of the molecule is CCCCCCC(N)c1ccc(Br)c(Cl)c1. The first-order valence-electron chi connectivity index (χ1n) is 5.85. The van der Waals surface area contributed by atoms with E-state index < -0.39 is 0 Å². The van der Waals surface area contributed by atoms with E-state index in [4.69, 9.17) is 17.3 Å². The summed E-state index contributed by atoms with van der Waals surface area (Å²) in [5, 5.41) is 0.738. The smallest absolute Gasteiger partial charge is 0.0551 e. The average Bonchev–Trinajstić information content (AvgIpc) is 2.28. The first-order valence-corrected chi connectivity index (χ1v) is 7.02. The van der Waals surface area contributed by atoms with Crippen LogP contribution in [0.4, 0.5) is 0 Å². The van der Waals surface area contributed by atoms with E-state index >= 15 is 0 Å². The fourth-order valence-corrected chi connectivity index (χ4v) is 2.14. The highest BCUT2D eigenvalue weighted by Gasteiger charge is 2.07. The van der Waals surface area contributed by atoms with Crippen LogP contribution in [0.3, 0.4) is 0 Å². The summed E-state index contributed by atoms with van der Waals surface area (Å²) < 4.78 is 0.927. The molecule has 16 heavy (non-hydrogen) atoms. The lowest BCUT2D eigenvalue weighted by Crippen LogP contribution is -2.10. The highest BCUT2D eigenvalue weighted by molar-refractivity contribution is 9.10. The monoisotopic (exact) mass is 303 g/mol. The molecule has 1 aromatic rings. The lowest BCUT2D eigenvalue weighted by atomic mass is 10.0. The van der Waals surface area contributed by atoms with Crippen LogP contribution in [-0.4, -0.2) is 0 Å². The van der Waals surface area contributed by atoms with Gasteiger partial charge < -0.3 is 5.73 Å². The van der Waals surface area contributed by atoms with E-state index in [-0.39, 0.29) is 6.04 Å². The molecular weight excluding hydrogens is 286 g/mol. The lowest BCUT2D eigenvalue weighted by Gasteiger charge is -2.12. The maximum Gasteiger partial charge on any atom is 0.0551 e. The second-order valence-corrected chi connectivity index (χ2v) is 5.39. The molecule has 0 aliphatic rings. The molecule has 0 radical (unpaired) electrons.